The van der Waals surface area contributed by atoms with Crippen LogP contribution in [0.15, 0.2) is 12.4 Å². The molecule has 2 heterocycles. The van der Waals surface area contributed by atoms with Gasteiger partial charge in [0.1, 0.15) is 0 Å². The molecule has 3 unspecified atom stereocenters. The zero-order chi connectivity index (χ0) is 14.7. The summed E-state index contributed by atoms with van der Waals surface area (Å²) in [5, 5.41) is 14.6. The average Bonchev–Trinajstić information content (AvgIpc) is 2.92. The first-order valence-corrected chi connectivity index (χ1v) is 8.63. The number of nitrogens with zero attached hydrogens (tertiary/aromatic N) is 3. The lowest BCUT2D eigenvalue weighted by Gasteiger charge is -2.43. The first-order chi connectivity index (χ1) is 10.2. The van der Waals surface area contributed by atoms with Gasteiger partial charge in [0.25, 0.3) is 0 Å². The summed E-state index contributed by atoms with van der Waals surface area (Å²) in [7, 11) is 1.98. The molecule has 1 aromatic rings. The van der Waals surface area contributed by atoms with Crippen molar-refractivity contribution in [3.63, 3.8) is 0 Å². The molecule has 0 radical (unpaired) electrons. The number of likely N-dealkylation sites (tertiary alicyclic amines) is 1. The molecule has 2 aliphatic rings. The number of aliphatic hydroxyl groups excluding tert-OH is 1. The quantitative estimate of drug-likeness (QED) is 0.926. The van der Waals surface area contributed by atoms with E-state index >= 15 is 0 Å². The lowest BCUT2D eigenvalue weighted by molar-refractivity contribution is -0.00508. The molecular formula is C17H29N3O. The Morgan fingerprint density at radius 1 is 1.19 bits per heavy atom. The van der Waals surface area contributed by atoms with Crippen LogP contribution in [0, 0.1) is 5.92 Å². The van der Waals surface area contributed by atoms with Crippen molar-refractivity contribution in [3.05, 3.63) is 18.0 Å². The van der Waals surface area contributed by atoms with Gasteiger partial charge >= 0.3 is 0 Å². The average molecular weight is 291 g/mol. The van der Waals surface area contributed by atoms with Gasteiger partial charge in [0, 0.05) is 31.7 Å². The maximum absolute atomic E-state index is 10.4. The van der Waals surface area contributed by atoms with Gasteiger partial charge in [-0.1, -0.05) is 19.3 Å². The Bertz CT molecular complexity index is 445. The van der Waals surface area contributed by atoms with Crippen molar-refractivity contribution in [2.45, 2.75) is 63.5 Å². The lowest BCUT2D eigenvalue weighted by atomic mass is 9.78. The first-order valence-electron chi connectivity index (χ1n) is 8.63. The molecule has 1 aliphatic carbocycles. The molecule has 2 fully saturated rings. The van der Waals surface area contributed by atoms with Crippen LogP contribution in [0.1, 0.15) is 50.5 Å². The highest BCUT2D eigenvalue weighted by Gasteiger charge is 2.35. The highest BCUT2D eigenvalue weighted by molar-refractivity contribution is 5.04. The molecule has 4 heteroatoms. The lowest BCUT2D eigenvalue weighted by Crippen LogP contribution is -2.49. The summed E-state index contributed by atoms with van der Waals surface area (Å²) < 4.78 is 1.88. The van der Waals surface area contributed by atoms with Crippen molar-refractivity contribution in [2.24, 2.45) is 13.0 Å². The van der Waals surface area contributed by atoms with Gasteiger partial charge in [-0.25, -0.2) is 0 Å². The number of aryl methyl sites for hydroxylation is 1. The van der Waals surface area contributed by atoms with E-state index in [0.29, 0.717) is 12.0 Å². The number of hydrogen-bond donors (Lipinski definition) is 1. The van der Waals surface area contributed by atoms with E-state index in [9.17, 15) is 5.11 Å². The molecule has 1 aliphatic heterocycles. The summed E-state index contributed by atoms with van der Waals surface area (Å²) in [6.07, 6.45) is 13.8. The minimum absolute atomic E-state index is 0.0669. The van der Waals surface area contributed by atoms with E-state index in [4.69, 9.17) is 0 Å². The minimum Gasteiger partial charge on any atom is -0.393 e. The smallest absolute Gasteiger partial charge is 0.0583 e. The van der Waals surface area contributed by atoms with E-state index < -0.39 is 0 Å². The second kappa shape index (κ2) is 6.93. The first kappa shape index (κ1) is 15.0. The molecule has 118 valence electrons. The molecule has 1 aromatic heterocycles. The summed E-state index contributed by atoms with van der Waals surface area (Å²) in [4.78, 5) is 2.65. The molecule has 3 rings (SSSR count). The van der Waals surface area contributed by atoms with E-state index in [2.05, 4.69) is 16.2 Å². The van der Waals surface area contributed by atoms with Crippen molar-refractivity contribution < 1.29 is 5.11 Å². The van der Waals surface area contributed by atoms with Crippen LogP contribution < -0.4 is 0 Å². The van der Waals surface area contributed by atoms with Crippen LogP contribution in [0.4, 0.5) is 0 Å². The largest absolute Gasteiger partial charge is 0.393 e. The number of hydrogen-bond acceptors (Lipinski definition) is 3. The van der Waals surface area contributed by atoms with Crippen LogP contribution >= 0.6 is 0 Å². The van der Waals surface area contributed by atoms with Crippen LogP contribution in [0.25, 0.3) is 0 Å². The Balaban J connectivity index is 1.60. The van der Waals surface area contributed by atoms with Gasteiger partial charge in [0.2, 0.25) is 0 Å². The van der Waals surface area contributed by atoms with E-state index in [1.165, 1.54) is 50.6 Å². The second-order valence-corrected chi connectivity index (χ2v) is 6.89. The summed E-state index contributed by atoms with van der Waals surface area (Å²) >= 11 is 0. The van der Waals surface area contributed by atoms with E-state index in [1.54, 1.807) is 0 Å². The van der Waals surface area contributed by atoms with Crippen LogP contribution in [-0.4, -0.2) is 45.0 Å². The Labute approximate surface area is 128 Å². The fourth-order valence-electron chi connectivity index (χ4n) is 4.24. The Morgan fingerprint density at radius 2 is 2.00 bits per heavy atom. The van der Waals surface area contributed by atoms with Gasteiger partial charge in [-0.3, -0.25) is 9.58 Å². The van der Waals surface area contributed by atoms with E-state index in [-0.39, 0.29) is 6.10 Å². The maximum Gasteiger partial charge on any atom is 0.0583 e. The maximum atomic E-state index is 10.4. The zero-order valence-corrected chi connectivity index (χ0v) is 13.2. The van der Waals surface area contributed by atoms with E-state index in [1.807, 2.05) is 17.9 Å². The van der Waals surface area contributed by atoms with Crippen molar-refractivity contribution in [2.75, 3.05) is 13.1 Å². The predicted octanol–water partition coefficient (Wildman–Crippen LogP) is 2.37. The SMILES string of the molecule is Cn1cc(CCN2CCCCC2C2CCCCC2O)cn1. The van der Waals surface area contributed by atoms with Gasteiger partial charge < -0.3 is 5.11 Å². The molecule has 0 aromatic carbocycles. The van der Waals surface area contributed by atoms with Gasteiger partial charge in [0.15, 0.2) is 0 Å². The Morgan fingerprint density at radius 3 is 2.76 bits per heavy atom. The van der Waals surface area contributed by atoms with Gasteiger partial charge in [-0.15, -0.1) is 0 Å². The van der Waals surface area contributed by atoms with Gasteiger partial charge in [0.05, 0.1) is 12.3 Å². The Hall–Kier alpha value is -0.870. The van der Waals surface area contributed by atoms with Crippen LogP contribution in [0.2, 0.25) is 0 Å². The van der Waals surface area contributed by atoms with E-state index in [0.717, 1.165) is 19.4 Å². The standard InChI is InChI=1S/C17H29N3O/c1-19-13-14(12-18-19)9-11-20-10-5-4-7-16(20)15-6-2-3-8-17(15)21/h12-13,15-17,21H,2-11H2,1H3. The number of piperidine rings is 1. The molecule has 1 saturated carbocycles. The van der Waals surface area contributed by atoms with Crippen molar-refractivity contribution in [1.29, 1.82) is 0 Å². The monoisotopic (exact) mass is 291 g/mol. The molecule has 1 N–H and O–H groups in total. The molecule has 1 saturated heterocycles. The fraction of sp³-hybridized carbons (Fsp3) is 0.824. The highest BCUT2D eigenvalue weighted by Crippen LogP contribution is 2.34. The molecule has 0 amide bonds. The summed E-state index contributed by atoms with van der Waals surface area (Å²) in [6, 6.07) is 0.603. The minimum atomic E-state index is -0.0669. The van der Waals surface area contributed by atoms with Crippen LogP contribution in [-0.2, 0) is 13.5 Å². The van der Waals surface area contributed by atoms with Crippen molar-refractivity contribution in [1.82, 2.24) is 14.7 Å². The normalized spacial score (nSPS) is 31.4. The van der Waals surface area contributed by atoms with Gasteiger partial charge in [-0.2, -0.15) is 5.10 Å². The topological polar surface area (TPSA) is 41.3 Å². The molecule has 21 heavy (non-hydrogen) atoms. The molecule has 0 bridgehead atoms. The van der Waals surface area contributed by atoms with Crippen molar-refractivity contribution >= 4 is 0 Å². The van der Waals surface area contributed by atoms with Crippen molar-refractivity contribution in [3.8, 4) is 0 Å². The van der Waals surface area contributed by atoms with Gasteiger partial charge in [-0.05, 0) is 44.2 Å². The number of aliphatic hydroxyl groups is 1. The summed E-state index contributed by atoms with van der Waals surface area (Å²) in [5.74, 6) is 0.507. The summed E-state index contributed by atoms with van der Waals surface area (Å²) in [6.45, 7) is 2.31. The van der Waals surface area contributed by atoms with Crippen LogP contribution in [0.5, 0.6) is 0 Å². The third kappa shape index (κ3) is 3.67. The highest BCUT2D eigenvalue weighted by atomic mass is 16.3. The zero-order valence-electron chi connectivity index (χ0n) is 13.2. The molecular weight excluding hydrogens is 262 g/mol. The number of rotatable bonds is 4. The predicted molar refractivity (Wildman–Crippen MR) is 84.1 cm³/mol. The van der Waals surface area contributed by atoms with Crippen LogP contribution in [0.3, 0.4) is 0 Å². The Kier molecular flexibility index (Phi) is 4.96. The summed E-state index contributed by atoms with van der Waals surface area (Å²) in [5.41, 5.74) is 1.33. The fourth-order valence-corrected chi connectivity index (χ4v) is 4.24. The number of aromatic nitrogens is 2. The molecule has 3 atom stereocenters. The molecule has 0 spiro atoms. The third-order valence-corrected chi connectivity index (χ3v) is 5.39. The second-order valence-electron chi connectivity index (χ2n) is 6.89. The molecule has 4 nitrogen and oxygen atoms in total. The third-order valence-electron chi connectivity index (χ3n) is 5.39.